The third-order valence-corrected chi connectivity index (χ3v) is 6.19. The Labute approximate surface area is 171 Å². The molecule has 1 saturated heterocycles. The standard InChI is InChI=1S/C23H29NO5/c1-2-14-7-9-15(10-8-14)11-16-12-24(18-6-4-3-5-17(16)18)23-22(28)21(27)20(26)19(13-25)29-23/h3-10,16,19-23,25-28H,2,11-13H2,1H3/t16?,19?,20-,21?,22-,23?/m1/s1. The van der Waals surface area contributed by atoms with Crippen molar-refractivity contribution < 1.29 is 25.2 Å². The number of anilines is 1. The SMILES string of the molecule is CCc1ccc(CC2CN(C3OC(CO)[C@@H](O)C(O)[C@H]3O)c3ccccc32)cc1. The number of rotatable bonds is 5. The van der Waals surface area contributed by atoms with E-state index in [9.17, 15) is 20.4 Å². The monoisotopic (exact) mass is 399 g/mol. The predicted molar refractivity (Wildman–Crippen MR) is 110 cm³/mol. The Morgan fingerprint density at radius 1 is 0.931 bits per heavy atom. The molecular formula is C23H29NO5. The largest absolute Gasteiger partial charge is 0.394 e. The first-order chi connectivity index (χ1) is 14.0. The van der Waals surface area contributed by atoms with E-state index in [0.29, 0.717) is 6.54 Å². The van der Waals surface area contributed by atoms with Crippen molar-refractivity contribution in [3.63, 3.8) is 0 Å². The van der Waals surface area contributed by atoms with Crippen LogP contribution in [0.1, 0.15) is 29.5 Å². The molecule has 0 spiro atoms. The molecule has 4 rings (SSSR count). The third kappa shape index (κ3) is 3.79. The smallest absolute Gasteiger partial charge is 0.159 e. The normalized spacial score (nSPS) is 31.7. The molecule has 6 atom stereocenters. The minimum Gasteiger partial charge on any atom is -0.394 e. The quantitative estimate of drug-likeness (QED) is 0.604. The van der Waals surface area contributed by atoms with Gasteiger partial charge in [0.1, 0.15) is 24.4 Å². The van der Waals surface area contributed by atoms with Gasteiger partial charge in [0, 0.05) is 18.2 Å². The summed E-state index contributed by atoms with van der Waals surface area (Å²) in [6, 6.07) is 16.7. The van der Waals surface area contributed by atoms with Gasteiger partial charge in [-0.15, -0.1) is 0 Å². The molecule has 2 heterocycles. The summed E-state index contributed by atoms with van der Waals surface area (Å²) in [5.74, 6) is 0.214. The minimum absolute atomic E-state index is 0.214. The second kappa shape index (κ2) is 8.42. The second-order valence-corrected chi connectivity index (χ2v) is 8.00. The number of para-hydroxylation sites is 1. The summed E-state index contributed by atoms with van der Waals surface area (Å²) in [7, 11) is 0. The Kier molecular flexibility index (Phi) is 5.90. The number of fused-ring (bicyclic) bond motifs is 1. The first-order valence-corrected chi connectivity index (χ1v) is 10.3. The number of aliphatic hydroxyl groups is 4. The molecule has 4 unspecified atom stereocenters. The molecule has 0 saturated carbocycles. The lowest BCUT2D eigenvalue weighted by atomic mass is 9.93. The van der Waals surface area contributed by atoms with Crippen molar-refractivity contribution in [3.05, 3.63) is 65.2 Å². The number of aryl methyl sites for hydroxylation is 1. The van der Waals surface area contributed by atoms with Gasteiger partial charge in [-0.05, 0) is 35.6 Å². The van der Waals surface area contributed by atoms with Crippen molar-refractivity contribution in [2.45, 2.75) is 56.3 Å². The van der Waals surface area contributed by atoms with Crippen LogP contribution in [-0.4, -0.2) is 64.2 Å². The summed E-state index contributed by atoms with van der Waals surface area (Å²) in [4.78, 5) is 1.95. The van der Waals surface area contributed by atoms with E-state index < -0.39 is 37.3 Å². The molecule has 1 fully saturated rings. The fourth-order valence-corrected chi connectivity index (χ4v) is 4.48. The fourth-order valence-electron chi connectivity index (χ4n) is 4.48. The van der Waals surface area contributed by atoms with Gasteiger partial charge in [0.25, 0.3) is 0 Å². The molecule has 2 aliphatic rings. The zero-order chi connectivity index (χ0) is 20.5. The molecule has 2 aromatic carbocycles. The van der Waals surface area contributed by atoms with Crippen molar-refractivity contribution in [2.24, 2.45) is 0 Å². The lowest BCUT2D eigenvalue weighted by molar-refractivity contribution is -0.228. The molecule has 4 N–H and O–H groups in total. The van der Waals surface area contributed by atoms with Crippen molar-refractivity contribution in [3.8, 4) is 0 Å². The van der Waals surface area contributed by atoms with Crippen LogP contribution in [0.25, 0.3) is 0 Å². The average Bonchev–Trinajstić information content (AvgIpc) is 3.11. The molecule has 0 aromatic heterocycles. The van der Waals surface area contributed by atoms with Crippen molar-refractivity contribution in [2.75, 3.05) is 18.1 Å². The molecule has 156 valence electrons. The number of benzene rings is 2. The van der Waals surface area contributed by atoms with Gasteiger partial charge in [0.15, 0.2) is 6.23 Å². The van der Waals surface area contributed by atoms with Crippen LogP contribution >= 0.6 is 0 Å². The highest BCUT2D eigenvalue weighted by Crippen LogP contribution is 2.41. The highest BCUT2D eigenvalue weighted by Gasteiger charge is 2.47. The van der Waals surface area contributed by atoms with Gasteiger partial charge in [0.2, 0.25) is 0 Å². The van der Waals surface area contributed by atoms with E-state index in [2.05, 4.69) is 37.3 Å². The number of hydrogen-bond acceptors (Lipinski definition) is 6. The summed E-state index contributed by atoms with van der Waals surface area (Å²) in [6.07, 6.45) is -3.88. The number of nitrogens with zero attached hydrogens (tertiary/aromatic N) is 1. The van der Waals surface area contributed by atoms with Crippen LogP contribution in [0, 0.1) is 0 Å². The molecule has 0 bridgehead atoms. The van der Waals surface area contributed by atoms with Crippen LogP contribution in [0.5, 0.6) is 0 Å². The molecule has 2 aromatic rings. The Balaban J connectivity index is 1.59. The highest BCUT2D eigenvalue weighted by molar-refractivity contribution is 5.61. The first-order valence-electron chi connectivity index (χ1n) is 10.3. The van der Waals surface area contributed by atoms with E-state index in [1.807, 2.05) is 23.1 Å². The number of aliphatic hydroxyl groups excluding tert-OH is 4. The molecule has 0 aliphatic carbocycles. The highest BCUT2D eigenvalue weighted by atomic mass is 16.6. The van der Waals surface area contributed by atoms with E-state index in [-0.39, 0.29) is 5.92 Å². The van der Waals surface area contributed by atoms with Crippen LogP contribution in [0.4, 0.5) is 5.69 Å². The summed E-state index contributed by atoms with van der Waals surface area (Å²) >= 11 is 0. The van der Waals surface area contributed by atoms with E-state index in [0.717, 1.165) is 18.5 Å². The molecular weight excluding hydrogens is 370 g/mol. The van der Waals surface area contributed by atoms with E-state index in [1.54, 1.807) is 0 Å². The summed E-state index contributed by atoms with van der Waals surface area (Å²) in [5.41, 5.74) is 4.68. The Hall–Kier alpha value is -1.96. The van der Waals surface area contributed by atoms with Gasteiger partial charge in [0.05, 0.1) is 6.61 Å². The molecule has 6 heteroatoms. The fraction of sp³-hybridized carbons (Fsp3) is 0.478. The molecule has 29 heavy (non-hydrogen) atoms. The Bertz CT molecular complexity index is 824. The van der Waals surface area contributed by atoms with Crippen molar-refractivity contribution in [1.29, 1.82) is 0 Å². The van der Waals surface area contributed by atoms with Gasteiger partial charge in [-0.25, -0.2) is 0 Å². The maximum atomic E-state index is 10.6. The van der Waals surface area contributed by atoms with Crippen LogP contribution in [0.2, 0.25) is 0 Å². The topological polar surface area (TPSA) is 93.4 Å². The number of ether oxygens (including phenoxy) is 1. The summed E-state index contributed by atoms with van der Waals surface area (Å²) in [6.45, 7) is 2.34. The van der Waals surface area contributed by atoms with Crippen LogP contribution in [-0.2, 0) is 17.6 Å². The van der Waals surface area contributed by atoms with Crippen LogP contribution < -0.4 is 4.90 Å². The van der Waals surface area contributed by atoms with E-state index >= 15 is 0 Å². The maximum Gasteiger partial charge on any atom is 0.159 e. The second-order valence-electron chi connectivity index (χ2n) is 8.00. The van der Waals surface area contributed by atoms with Gasteiger partial charge in [-0.2, -0.15) is 0 Å². The molecule has 0 radical (unpaired) electrons. The lowest BCUT2D eigenvalue weighted by Crippen LogP contribution is -2.63. The van der Waals surface area contributed by atoms with E-state index in [1.165, 1.54) is 16.7 Å². The molecule has 0 amide bonds. The average molecular weight is 399 g/mol. The Morgan fingerprint density at radius 2 is 1.62 bits per heavy atom. The van der Waals surface area contributed by atoms with Crippen LogP contribution in [0.3, 0.4) is 0 Å². The minimum atomic E-state index is -1.38. The Morgan fingerprint density at radius 3 is 2.31 bits per heavy atom. The lowest BCUT2D eigenvalue weighted by Gasteiger charge is -2.44. The van der Waals surface area contributed by atoms with Crippen molar-refractivity contribution >= 4 is 5.69 Å². The van der Waals surface area contributed by atoms with Gasteiger partial charge in [-0.3, -0.25) is 0 Å². The maximum absolute atomic E-state index is 10.6. The predicted octanol–water partition coefficient (Wildman–Crippen LogP) is 1.20. The van der Waals surface area contributed by atoms with Crippen molar-refractivity contribution in [1.82, 2.24) is 0 Å². The zero-order valence-corrected chi connectivity index (χ0v) is 16.6. The molecule has 6 nitrogen and oxygen atoms in total. The van der Waals surface area contributed by atoms with Crippen LogP contribution in [0.15, 0.2) is 48.5 Å². The summed E-state index contributed by atoms with van der Waals surface area (Å²) in [5, 5.41) is 40.4. The third-order valence-electron chi connectivity index (χ3n) is 6.19. The number of hydrogen-bond donors (Lipinski definition) is 4. The van der Waals surface area contributed by atoms with Gasteiger partial charge in [-0.1, -0.05) is 49.4 Å². The molecule has 2 aliphatic heterocycles. The summed E-state index contributed by atoms with van der Waals surface area (Å²) < 4.78 is 5.82. The van der Waals surface area contributed by atoms with Gasteiger partial charge >= 0.3 is 0 Å². The van der Waals surface area contributed by atoms with Gasteiger partial charge < -0.3 is 30.1 Å². The zero-order valence-electron chi connectivity index (χ0n) is 16.6. The van der Waals surface area contributed by atoms with E-state index in [4.69, 9.17) is 4.74 Å². The first kappa shape index (κ1) is 20.3.